The van der Waals surface area contributed by atoms with E-state index in [4.69, 9.17) is 0 Å². The zero-order chi connectivity index (χ0) is 19.8. The standard InChI is InChI=1S/C24H31N3O/c1-21(24(28)25(2)20-23-12-7-4-8-13-23)27-18-16-26(17-19-27)15-9-14-22-10-5-3-6-11-22/h3-14,21H,15-20H2,1-2H3/p+2/b14-9+/t21-/m1/s1. The fraction of sp³-hybridized carbons (Fsp3) is 0.375. The molecule has 0 unspecified atom stereocenters. The molecule has 2 aromatic rings. The second kappa shape index (κ2) is 10.2. The third-order valence-electron chi connectivity index (χ3n) is 5.74. The second-order valence-electron chi connectivity index (χ2n) is 7.83. The van der Waals surface area contributed by atoms with E-state index in [2.05, 4.69) is 55.5 Å². The van der Waals surface area contributed by atoms with E-state index in [9.17, 15) is 4.79 Å². The van der Waals surface area contributed by atoms with Gasteiger partial charge in [-0.15, -0.1) is 0 Å². The molecule has 28 heavy (non-hydrogen) atoms. The van der Waals surface area contributed by atoms with Gasteiger partial charge in [0.2, 0.25) is 0 Å². The minimum absolute atomic E-state index is 0.0233. The van der Waals surface area contributed by atoms with Crippen LogP contribution in [-0.2, 0) is 11.3 Å². The molecular weight excluding hydrogens is 346 g/mol. The van der Waals surface area contributed by atoms with Crippen molar-refractivity contribution >= 4 is 12.0 Å². The second-order valence-corrected chi connectivity index (χ2v) is 7.83. The summed E-state index contributed by atoms with van der Waals surface area (Å²) in [6, 6.07) is 20.7. The molecule has 4 nitrogen and oxygen atoms in total. The molecule has 3 rings (SSSR count). The van der Waals surface area contributed by atoms with Gasteiger partial charge in [0.25, 0.3) is 5.91 Å². The van der Waals surface area contributed by atoms with Crippen LogP contribution in [0, 0.1) is 0 Å². The fourth-order valence-corrected chi connectivity index (χ4v) is 3.93. The molecule has 0 aliphatic carbocycles. The van der Waals surface area contributed by atoms with Gasteiger partial charge in [0.15, 0.2) is 6.04 Å². The smallest absolute Gasteiger partial charge is 0.280 e. The lowest BCUT2D eigenvalue weighted by atomic mass is 10.1. The van der Waals surface area contributed by atoms with Gasteiger partial charge in [-0.05, 0) is 24.1 Å². The Morgan fingerprint density at radius 3 is 2.25 bits per heavy atom. The maximum Gasteiger partial charge on any atom is 0.280 e. The minimum atomic E-state index is 0.0233. The molecular formula is C24H33N3O+2. The number of rotatable bonds is 7. The number of carbonyl (C=O) groups is 1. The topological polar surface area (TPSA) is 29.2 Å². The summed E-state index contributed by atoms with van der Waals surface area (Å²) in [5, 5.41) is 0. The van der Waals surface area contributed by atoms with Crippen LogP contribution in [0.25, 0.3) is 6.08 Å². The maximum absolute atomic E-state index is 12.8. The van der Waals surface area contributed by atoms with Gasteiger partial charge in [0, 0.05) is 13.6 Å². The number of likely N-dealkylation sites (N-methyl/N-ethyl adjacent to an activating group) is 1. The van der Waals surface area contributed by atoms with Gasteiger partial charge in [-0.3, -0.25) is 4.79 Å². The van der Waals surface area contributed by atoms with Crippen molar-refractivity contribution in [2.45, 2.75) is 19.5 Å². The predicted octanol–water partition coefficient (Wildman–Crippen LogP) is 0.530. The number of hydrogen-bond donors (Lipinski definition) is 2. The third kappa shape index (κ3) is 5.78. The SMILES string of the molecule is C[C@H](C(=O)N(C)Cc1ccccc1)[NH+]1CC[NH+](C/C=C/c2ccccc2)CC1. The zero-order valence-corrected chi connectivity index (χ0v) is 17.1. The van der Waals surface area contributed by atoms with E-state index >= 15 is 0 Å². The highest BCUT2D eigenvalue weighted by Gasteiger charge is 2.32. The Bertz CT molecular complexity index is 752. The van der Waals surface area contributed by atoms with Crippen LogP contribution in [-0.4, -0.2) is 56.6 Å². The summed E-state index contributed by atoms with van der Waals surface area (Å²) in [6.07, 6.45) is 4.48. The van der Waals surface area contributed by atoms with E-state index in [-0.39, 0.29) is 11.9 Å². The summed E-state index contributed by atoms with van der Waals surface area (Å²) in [6.45, 7) is 8.17. The molecule has 148 valence electrons. The summed E-state index contributed by atoms with van der Waals surface area (Å²) in [4.78, 5) is 17.7. The van der Waals surface area contributed by atoms with Crippen molar-refractivity contribution in [3.05, 3.63) is 77.9 Å². The van der Waals surface area contributed by atoms with E-state index in [0.29, 0.717) is 6.54 Å². The fourth-order valence-electron chi connectivity index (χ4n) is 3.93. The van der Waals surface area contributed by atoms with E-state index in [1.807, 2.05) is 36.2 Å². The lowest BCUT2D eigenvalue weighted by molar-refractivity contribution is -1.02. The van der Waals surface area contributed by atoms with Crippen molar-refractivity contribution in [2.24, 2.45) is 0 Å². The number of benzene rings is 2. The molecule has 0 spiro atoms. The van der Waals surface area contributed by atoms with Crippen LogP contribution in [0.1, 0.15) is 18.1 Å². The Morgan fingerprint density at radius 1 is 1.00 bits per heavy atom. The van der Waals surface area contributed by atoms with Crippen molar-refractivity contribution in [1.29, 1.82) is 0 Å². The van der Waals surface area contributed by atoms with Crippen LogP contribution in [0.2, 0.25) is 0 Å². The Balaban J connectivity index is 1.43. The van der Waals surface area contributed by atoms with Crippen molar-refractivity contribution in [2.75, 3.05) is 39.8 Å². The van der Waals surface area contributed by atoms with E-state index < -0.39 is 0 Å². The molecule has 1 aliphatic rings. The first-order chi connectivity index (χ1) is 13.6. The first-order valence-electron chi connectivity index (χ1n) is 10.3. The monoisotopic (exact) mass is 379 g/mol. The molecule has 0 aromatic heterocycles. The van der Waals surface area contributed by atoms with Crippen LogP contribution >= 0.6 is 0 Å². The average molecular weight is 380 g/mol. The molecule has 1 fully saturated rings. The van der Waals surface area contributed by atoms with Crippen molar-refractivity contribution in [1.82, 2.24) is 4.90 Å². The summed E-state index contributed by atoms with van der Waals surface area (Å²) < 4.78 is 0. The average Bonchev–Trinajstić information content (AvgIpc) is 2.74. The summed E-state index contributed by atoms with van der Waals surface area (Å²) >= 11 is 0. The molecule has 1 amide bonds. The highest BCUT2D eigenvalue weighted by atomic mass is 16.2. The number of nitrogens with zero attached hydrogens (tertiary/aromatic N) is 1. The molecule has 0 saturated carbocycles. The molecule has 1 heterocycles. The molecule has 0 radical (unpaired) electrons. The first kappa shape index (κ1) is 20.3. The Labute approximate surface area is 169 Å². The molecule has 1 saturated heterocycles. The van der Waals surface area contributed by atoms with E-state index in [1.165, 1.54) is 16.0 Å². The lowest BCUT2D eigenvalue weighted by Crippen LogP contribution is -3.30. The van der Waals surface area contributed by atoms with Crippen molar-refractivity contribution in [3.63, 3.8) is 0 Å². The molecule has 2 aromatic carbocycles. The van der Waals surface area contributed by atoms with Gasteiger partial charge in [-0.1, -0.05) is 66.7 Å². The Morgan fingerprint density at radius 2 is 1.61 bits per heavy atom. The maximum atomic E-state index is 12.8. The highest BCUT2D eigenvalue weighted by Crippen LogP contribution is 2.03. The molecule has 1 aliphatic heterocycles. The van der Waals surface area contributed by atoms with Gasteiger partial charge in [-0.25, -0.2) is 0 Å². The summed E-state index contributed by atoms with van der Waals surface area (Å²) in [7, 11) is 1.92. The number of quaternary nitrogens is 2. The van der Waals surface area contributed by atoms with Crippen molar-refractivity contribution in [3.8, 4) is 0 Å². The number of amides is 1. The van der Waals surface area contributed by atoms with E-state index in [1.54, 1.807) is 4.90 Å². The number of nitrogens with one attached hydrogen (secondary N) is 2. The summed E-state index contributed by atoms with van der Waals surface area (Å²) in [5.41, 5.74) is 2.44. The minimum Gasteiger partial charge on any atom is -0.336 e. The molecule has 0 bridgehead atoms. The Hall–Kier alpha value is -2.43. The largest absolute Gasteiger partial charge is 0.336 e. The van der Waals surface area contributed by atoms with Crippen LogP contribution in [0.4, 0.5) is 0 Å². The normalized spacial score (nSPS) is 20.8. The lowest BCUT2D eigenvalue weighted by Gasteiger charge is -2.33. The first-order valence-corrected chi connectivity index (χ1v) is 10.3. The number of carbonyl (C=O) groups excluding carboxylic acids is 1. The van der Waals surface area contributed by atoms with Crippen LogP contribution in [0.3, 0.4) is 0 Å². The van der Waals surface area contributed by atoms with Gasteiger partial charge in [0.05, 0.1) is 6.54 Å². The van der Waals surface area contributed by atoms with Crippen LogP contribution in [0.5, 0.6) is 0 Å². The van der Waals surface area contributed by atoms with Gasteiger partial charge in [0.1, 0.15) is 26.2 Å². The van der Waals surface area contributed by atoms with Gasteiger partial charge < -0.3 is 14.7 Å². The number of piperazine rings is 1. The van der Waals surface area contributed by atoms with E-state index in [0.717, 1.165) is 32.7 Å². The summed E-state index contributed by atoms with van der Waals surface area (Å²) in [5.74, 6) is 0.242. The van der Waals surface area contributed by atoms with Gasteiger partial charge in [-0.2, -0.15) is 0 Å². The molecule has 4 heteroatoms. The predicted molar refractivity (Wildman–Crippen MR) is 114 cm³/mol. The zero-order valence-electron chi connectivity index (χ0n) is 17.1. The van der Waals surface area contributed by atoms with Gasteiger partial charge >= 0.3 is 0 Å². The molecule has 2 N–H and O–H groups in total. The van der Waals surface area contributed by atoms with Crippen molar-refractivity contribution < 1.29 is 14.6 Å². The third-order valence-corrected chi connectivity index (χ3v) is 5.74. The quantitative estimate of drug-likeness (QED) is 0.722. The number of hydrogen-bond acceptors (Lipinski definition) is 1. The Kier molecular flexibility index (Phi) is 7.40. The van der Waals surface area contributed by atoms with Crippen LogP contribution in [0.15, 0.2) is 66.7 Å². The highest BCUT2D eigenvalue weighted by molar-refractivity contribution is 5.79. The van der Waals surface area contributed by atoms with Crippen LogP contribution < -0.4 is 9.80 Å². The molecule has 1 atom stereocenters.